The van der Waals surface area contributed by atoms with Crippen LogP contribution in [0.5, 0.6) is 5.75 Å². The van der Waals surface area contributed by atoms with Gasteiger partial charge in [-0.05, 0) is 42.0 Å². The Morgan fingerprint density at radius 1 is 1.06 bits per heavy atom. The third kappa shape index (κ3) is 4.99. The van der Waals surface area contributed by atoms with E-state index in [-0.39, 0.29) is 6.04 Å². The molecule has 32 heavy (non-hydrogen) atoms. The van der Waals surface area contributed by atoms with Gasteiger partial charge in [-0.2, -0.15) is 5.10 Å². The normalized spacial score (nSPS) is 15.7. The van der Waals surface area contributed by atoms with Gasteiger partial charge in [0.15, 0.2) is 5.13 Å². The molecule has 0 bridgehead atoms. The van der Waals surface area contributed by atoms with E-state index < -0.39 is 0 Å². The fourth-order valence-electron chi connectivity index (χ4n) is 3.64. The highest BCUT2D eigenvalue weighted by atomic mass is 35.5. The highest BCUT2D eigenvalue weighted by Crippen LogP contribution is 2.43. The van der Waals surface area contributed by atoms with Crippen LogP contribution in [-0.2, 0) is 0 Å². The number of hydrogen-bond acceptors (Lipinski definition) is 6. The summed E-state index contributed by atoms with van der Waals surface area (Å²) in [4.78, 5) is 7.69. The number of nitrogens with zero attached hydrogens (tertiary/aromatic N) is 4. The maximum atomic E-state index is 6.67. The molecule has 1 aromatic heterocycles. The Labute approximate surface area is 207 Å². The second-order valence-corrected chi connectivity index (χ2v) is 9.31. The molecule has 0 amide bonds. The molecule has 0 N–H and O–H groups in total. The summed E-state index contributed by atoms with van der Waals surface area (Å²) in [5.41, 5.74) is 3.05. The van der Waals surface area contributed by atoms with Crippen molar-refractivity contribution in [3.63, 3.8) is 0 Å². The monoisotopic (exact) mass is 508 g/mol. The molecule has 9 heteroatoms. The lowest BCUT2D eigenvalue weighted by Crippen LogP contribution is -2.27. The Bertz CT molecular complexity index is 1050. The Hall–Kier alpha value is -1.99. The highest BCUT2D eigenvalue weighted by molar-refractivity contribution is 7.16. The van der Waals surface area contributed by atoms with Gasteiger partial charge in [0, 0.05) is 31.3 Å². The Kier molecular flexibility index (Phi) is 7.79. The van der Waals surface area contributed by atoms with Crippen LogP contribution in [0.4, 0.5) is 10.8 Å². The van der Waals surface area contributed by atoms with Crippen molar-refractivity contribution in [1.82, 2.24) is 4.98 Å². The van der Waals surface area contributed by atoms with Crippen LogP contribution in [0.2, 0.25) is 5.15 Å². The summed E-state index contributed by atoms with van der Waals surface area (Å²) < 4.78 is 5.30. The lowest BCUT2D eigenvalue weighted by Gasteiger charge is -2.23. The van der Waals surface area contributed by atoms with Gasteiger partial charge in [0.1, 0.15) is 10.9 Å². The smallest absolute Gasteiger partial charge is 0.187 e. The van der Waals surface area contributed by atoms with Gasteiger partial charge in [-0.3, -0.25) is 5.01 Å². The van der Waals surface area contributed by atoms with Gasteiger partial charge in [0.2, 0.25) is 0 Å². The van der Waals surface area contributed by atoms with Gasteiger partial charge >= 0.3 is 0 Å². The van der Waals surface area contributed by atoms with Gasteiger partial charge < -0.3 is 9.64 Å². The van der Waals surface area contributed by atoms with Gasteiger partial charge in [0.05, 0.1) is 29.4 Å². The summed E-state index contributed by atoms with van der Waals surface area (Å²) in [6.07, 6.45) is 0.716. The van der Waals surface area contributed by atoms with Crippen molar-refractivity contribution in [1.29, 1.82) is 0 Å². The molecule has 1 unspecified atom stereocenters. The van der Waals surface area contributed by atoms with E-state index in [0.29, 0.717) is 36.4 Å². The summed E-state index contributed by atoms with van der Waals surface area (Å²) in [5.74, 6) is 1.80. The molecule has 0 aliphatic carbocycles. The largest absolute Gasteiger partial charge is 0.497 e. The number of hydrazone groups is 1. The molecule has 0 radical (unpaired) electrons. The quantitative estimate of drug-likeness (QED) is 0.311. The SMILES string of the molecule is COc1ccc(C2=NN(c3ccccc3)C(c3sc(N(CCCl)CCCl)nc3Cl)C2)cc1. The molecule has 1 aliphatic rings. The average molecular weight is 510 g/mol. The van der Waals surface area contributed by atoms with Crippen LogP contribution in [0, 0.1) is 0 Å². The summed E-state index contributed by atoms with van der Waals surface area (Å²) in [6, 6.07) is 18.0. The number of anilines is 2. The number of rotatable bonds is 9. The molecule has 0 saturated heterocycles. The molecule has 168 valence electrons. The first kappa shape index (κ1) is 23.2. The zero-order valence-electron chi connectivity index (χ0n) is 17.5. The fraction of sp³-hybridized carbons (Fsp3) is 0.304. The Balaban J connectivity index is 1.69. The number of alkyl halides is 2. The van der Waals surface area contributed by atoms with Crippen LogP contribution in [0.1, 0.15) is 22.9 Å². The van der Waals surface area contributed by atoms with E-state index in [1.807, 2.05) is 47.5 Å². The molecule has 2 heterocycles. The van der Waals surface area contributed by atoms with Crippen LogP contribution < -0.4 is 14.6 Å². The van der Waals surface area contributed by atoms with Crippen molar-refractivity contribution in [3.8, 4) is 5.75 Å². The van der Waals surface area contributed by atoms with Crippen molar-refractivity contribution in [2.75, 3.05) is 41.9 Å². The number of benzene rings is 2. The second kappa shape index (κ2) is 10.8. The van der Waals surface area contributed by atoms with Gasteiger partial charge in [0.25, 0.3) is 0 Å². The molecule has 2 aromatic carbocycles. The molecule has 0 saturated carbocycles. The molecular formula is C23H23Cl3N4OS. The molecule has 0 spiro atoms. The number of hydrogen-bond donors (Lipinski definition) is 0. The summed E-state index contributed by atoms with van der Waals surface area (Å²) in [5, 5.41) is 8.35. The van der Waals surface area contributed by atoms with Crippen molar-refractivity contribution in [3.05, 3.63) is 70.2 Å². The second-order valence-electron chi connectivity index (χ2n) is 7.19. The first-order valence-corrected chi connectivity index (χ1v) is 12.5. The number of thiazole rings is 1. The first-order valence-electron chi connectivity index (χ1n) is 10.2. The average Bonchev–Trinajstić information content (AvgIpc) is 3.43. The standard InChI is InChI=1S/C23H23Cl3N4OS/c1-31-18-9-7-16(8-10-18)19-15-20(30(28-19)17-5-3-2-4-6-17)21-22(26)27-23(32-21)29(13-11-24)14-12-25/h2-10,20H,11-15H2,1H3. The van der Waals surface area contributed by atoms with Crippen molar-refractivity contribution in [2.45, 2.75) is 12.5 Å². The summed E-state index contributed by atoms with van der Waals surface area (Å²) in [6.45, 7) is 1.33. The zero-order chi connectivity index (χ0) is 22.5. The predicted molar refractivity (Wildman–Crippen MR) is 137 cm³/mol. The number of ether oxygens (including phenoxy) is 1. The summed E-state index contributed by atoms with van der Waals surface area (Å²) >= 11 is 20.2. The van der Waals surface area contributed by atoms with Crippen LogP contribution in [0.25, 0.3) is 0 Å². The molecule has 5 nitrogen and oxygen atoms in total. The third-order valence-corrected chi connectivity index (χ3v) is 7.19. The maximum Gasteiger partial charge on any atom is 0.187 e. The molecule has 1 aliphatic heterocycles. The molecule has 4 rings (SSSR count). The van der Waals surface area contributed by atoms with Crippen molar-refractivity contribution in [2.24, 2.45) is 5.10 Å². The molecule has 1 atom stereocenters. The topological polar surface area (TPSA) is 41.0 Å². The number of para-hydroxylation sites is 1. The Morgan fingerprint density at radius 2 is 1.75 bits per heavy atom. The predicted octanol–water partition coefficient (Wildman–Crippen LogP) is 6.44. The number of methoxy groups -OCH3 is 1. The Morgan fingerprint density at radius 3 is 2.38 bits per heavy atom. The minimum absolute atomic E-state index is 0.0536. The van der Waals surface area contributed by atoms with E-state index in [1.165, 1.54) is 0 Å². The number of halogens is 3. The molecule has 3 aromatic rings. The van der Waals surface area contributed by atoms with E-state index in [9.17, 15) is 0 Å². The van der Waals surface area contributed by atoms with E-state index >= 15 is 0 Å². The minimum atomic E-state index is -0.0536. The van der Waals surface area contributed by atoms with Crippen molar-refractivity contribution < 1.29 is 4.74 Å². The maximum absolute atomic E-state index is 6.67. The van der Waals surface area contributed by atoms with Crippen LogP contribution in [0.3, 0.4) is 0 Å². The van der Waals surface area contributed by atoms with E-state index in [1.54, 1.807) is 18.4 Å². The van der Waals surface area contributed by atoms with E-state index in [2.05, 4.69) is 22.0 Å². The highest BCUT2D eigenvalue weighted by Gasteiger charge is 2.34. The van der Waals surface area contributed by atoms with Crippen LogP contribution in [0.15, 0.2) is 59.7 Å². The van der Waals surface area contributed by atoms with Crippen LogP contribution in [-0.4, -0.2) is 42.7 Å². The van der Waals surface area contributed by atoms with Gasteiger partial charge in [-0.15, -0.1) is 23.2 Å². The first-order chi connectivity index (χ1) is 15.6. The van der Waals surface area contributed by atoms with Crippen LogP contribution >= 0.6 is 46.1 Å². The third-order valence-electron chi connectivity index (χ3n) is 5.23. The molecule has 0 fully saturated rings. The van der Waals surface area contributed by atoms with Crippen molar-refractivity contribution >= 4 is 62.7 Å². The zero-order valence-corrected chi connectivity index (χ0v) is 20.6. The molecular weight excluding hydrogens is 487 g/mol. The summed E-state index contributed by atoms with van der Waals surface area (Å²) in [7, 11) is 1.66. The van der Waals surface area contributed by atoms with Gasteiger partial charge in [-0.1, -0.05) is 41.1 Å². The fourth-order valence-corrected chi connectivity index (χ4v) is 5.52. The lowest BCUT2D eigenvalue weighted by atomic mass is 10.0. The minimum Gasteiger partial charge on any atom is -0.497 e. The van der Waals surface area contributed by atoms with Gasteiger partial charge in [-0.25, -0.2) is 4.98 Å². The number of aromatic nitrogens is 1. The van der Waals surface area contributed by atoms with E-state index in [4.69, 9.17) is 44.6 Å². The van der Waals surface area contributed by atoms with E-state index in [0.717, 1.165) is 32.7 Å². The lowest BCUT2D eigenvalue weighted by molar-refractivity contribution is 0.415.